The number of thioether (sulfide) groups is 1. The summed E-state index contributed by atoms with van der Waals surface area (Å²) >= 11 is 1.32. The summed E-state index contributed by atoms with van der Waals surface area (Å²) in [4.78, 5) is 34.6. The molecule has 1 unspecified atom stereocenters. The van der Waals surface area contributed by atoms with Crippen molar-refractivity contribution in [3.05, 3.63) is 82.6 Å². The van der Waals surface area contributed by atoms with Crippen LogP contribution in [0, 0.1) is 0 Å². The first-order valence-corrected chi connectivity index (χ1v) is 14.7. The Morgan fingerprint density at radius 2 is 1.80 bits per heavy atom. The van der Waals surface area contributed by atoms with Crippen molar-refractivity contribution in [2.24, 2.45) is 0 Å². The number of nitrogens with one attached hydrogen (secondary N) is 1. The molecule has 206 valence electrons. The van der Waals surface area contributed by atoms with E-state index in [1.54, 1.807) is 22.8 Å². The molecule has 0 radical (unpaired) electrons. The van der Waals surface area contributed by atoms with Gasteiger partial charge in [-0.2, -0.15) is 0 Å². The third-order valence-electron chi connectivity index (χ3n) is 7.36. The molecule has 1 amide bonds. The Hall–Kier alpha value is -3.98. The van der Waals surface area contributed by atoms with Crippen LogP contribution in [0.3, 0.4) is 0 Å². The molecular formula is C31H32N4O4S. The first kappa shape index (κ1) is 26.3. The molecule has 1 N–H and O–H groups in total. The number of ether oxygens (including phenoxy) is 2. The van der Waals surface area contributed by atoms with Crippen molar-refractivity contribution in [2.75, 3.05) is 30.1 Å². The van der Waals surface area contributed by atoms with E-state index in [0.717, 1.165) is 37.2 Å². The van der Waals surface area contributed by atoms with Crippen molar-refractivity contribution in [1.82, 2.24) is 9.55 Å². The van der Waals surface area contributed by atoms with Gasteiger partial charge < -0.3 is 19.7 Å². The van der Waals surface area contributed by atoms with Crippen LogP contribution in [0.4, 0.5) is 11.4 Å². The van der Waals surface area contributed by atoms with E-state index in [-0.39, 0.29) is 18.3 Å². The monoisotopic (exact) mass is 556 g/mol. The number of anilines is 2. The molecular weight excluding hydrogens is 524 g/mol. The highest BCUT2D eigenvalue weighted by Crippen LogP contribution is 2.35. The molecule has 3 heterocycles. The summed E-state index contributed by atoms with van der Waals surface area (Å²) in [5.74, 6) is 1.11. The summed E-state index contributed by atoms with van der Waals surface area (Å²) < 4.78 is 12.5. The zero-order valence-corrected chi connectivity index (χ0v) is 23.3. The highest BCUT2D eigenvalue weighted by molar-refractivity contribution is 8.00. The van der Waals surface area contributed by atoms with Gasteiger partial charge in [-0.25, -0.2) is 4.98 Å². The number of aromatic nitrogens is 2. The molecule has 0 saturated carbocycles. The number of piperidine rings is 1. The van der Waals surface area contributed by atoms with E-state index < -0.39 is 5.25 Å². The average Bonchev–Trinajstić information content (AvgIpc) is 3.46. The number of benzene rings is 3. The van der Waals surface area contributed by atoms with Crippen LogP contribution in [0.2, 0.25) is 0 Å². The van der Waals surface area contributed by atoms with Gasteiger partial charge in [0.05, 0.1) is 22.7 Å². The van der Waals surface area contributed by atoms with Crippen molar-refractivity contribution in [2.45, 2.75) is 49.6 Å². The number of hydrogen-bond acceptors (Lipinski definition) is 7. The maximum atomic E-state index is 14.0. The lowest BCUT2D eigenvalue weighted by Gasteiger charge is -2.29. The van der Waals surface area contributed by atoms with Crippen LogP contribution in [-0.4, -0.2) is 40.6 Å². The van der Waals surface area contributed by atoms with Crippen LogP contribution in [-0.2, 0) is 11.3 Å². The number of carbonyl (C=O) groups is 1. The molecule has 2 aliphatic rings. The minimum atomic E-state index is -0.454. The molecule has 6 rings (SSSR count). The molecule has 2 aliphatic heterocycles. The van der Waals surface area contributed by atoms with E-state index in [2.05, 4.69) is 16.3 Å². The predicted octanol–water partition coefficient (Wildman–Crippen LogP) is 5.67. The molecule has 3 aromatic carbocycles. The largest absolute Gasteiger partial charge is 0.454 e. The molecule has 0 bridgehead atoms. The van der Waals surface area contributed by atoms with E-state index in [4.69, 9.17) is 14.5 Å². The number of hydrogen-bond donors (Lipinski definition) is 1. The van der Waals surface area contributed by atoms with Gasteiger partial charge in [0.1, 0.15) is 0 Å². The van der Waals surface area contributed by atoms with Gasteiger partial charge in [-0.15, -0.1) is 0 Å². The van der Waals surface area contributed by atoms with Crippen molar-refractivity contribution >= 4 is 39.9 Å². The predicted molar refractivity (Wildman–Crippen MR) is 159 cm³/mol. The quantitative estimate of drug-likeness (QED) is 0.221. The first-order valence-electron chi connectivity index (χ1n) is 13.8. The summed E-state index contributed by atoms with van der Waals surface area (Å²) in [6.45, 7) is 4.51. The Kier molecular flexibility index (Phi) is 7.64. The van der Waals surface area contributed by atoms with Crippen LogP contribution in [0.1, 0.15) is 38.2 Å². The van der Waals surface area contributed by atoms with Crippen molar-refractivity contribution in [3.8, 4) is 11.5 Å². The third kappa shape index (κ3) is 5.51. The zero-order valence-electron chi connectivity index (χ0n) is 22.5. The zero-order chi connectivity index (χ0) is 27.5. The molecule has 40 heavy (non-hydrogen) atoms. The van der Waals surface area contributed by atoms with E-state index in [1.807, 2.05) is 49.4 Å². The highest BCUT2D eigenvalue weighted by Gasteiger charge is 2.24. The Balaban J connectivity index is 1.33. The minimum Gasteiger partial charge on any atom is -0.454 e. The lowest BCUT2D eigenvalue weighted by Crippen LogP contribution is -2.30. The van der Waals surface area contributed by atoms with Crippen molar-refractivity contribution in [1.29, 1.82) is 0 Å². The topological polar surface area (TPSA) is 85.7 Å². The Morgan fingerprint density at radius 1 is 1.00 bits per heavy atom. The number of carbonyl (C=O) groups excluding carboxylic acids is 1. The fourth-order valence-electron chi connectivity index (χ4n) is 5.18. The normalized spacial score (nSPS) is 15.3. The molecule has 8 nitrogen and oxygen atoms in total. The van der Waals surface area contributed by atoms with Crippen LogP contribution in [0.5, 0.6) is 11.5 Å². The van der Waals surface area contributed by atoms with Crippen molar-refractivity contribution < 1.29 is 14.3 Å². The first-order chi connectivity index (χ1) is 19.6. The number of nitrogens with zero attached hydrogens (tertiary/aromatic N) is 3. The molecule has 1 aromatic heterocycles. The smallest absolute Gasteiger partial charge is 0.262 e. The van der Waals surface area contributed by atoms with Crippen LogP contribution >= 0.6 is 11.8 Å². The van der Waals surface area contributed by atoms with Gasteiger partial charge in [-0.05, 0) is 61.6 Å². The van der Waals surface area contributed by atoms with E-state index >= 15 is 0 Å². The highest BCUT2D eigenvalue weighted by atomic mass is 32.2. The number of fused-ring (bicyclic) bond motifs is 2. The van der Waals surface area contributed by atoms with E-state index in [0.29, 0.717) is 46.2 Å². The molecule has 4 aromatic rings. The van der Waals surface area contributed by atoms with Gasteiger partial charge in [0.25, 0.3) is 5.56 Å². The Bertz CT molecular complexity index is 1580. The van der Waals surface area contributed by atoms with E-state index in [1.165, 1.54) is 18.2 Å². The van der Waals surface area contributed by atoms with Gasteiger partial charge >= 0.3 is 0 Å². The molecule has 0 aliphatic carbocycles. The number of rotatable bonds is 8. The molecule has 0 spiro atoms. The summed E-state index contributed by atoms with van der Waals surface area (Å²) in [6.07, 6.45) is 4.14. The molecule has 1 fully saturated rings. The number of amides is 1. The maximum absolute atomic E-state index is 14.0. The van der Waals surface area contributed by atoms with Gasteiger partial charge in [-0.1, -0.05) is 49.0 Å². The fraction of sp³-hybridized carbons (Fsp3) is 0.323. The second-order valence-corrected chi connectivity index (χ2v) is 11.3. The van der Waals surface area contributed by atoms with Gasteiger partial charge in [0.15, 0.2) is 16.7 Å². The van der Waals surface area contributed by atoms with Gasteiger partial charge in [0, 0.05) is 30.5 Å². The standard InChI is InChI=1S/C31H32N4O4S/c1-2-28(29(36)32-22-11-14-26-27(17-22)39-20-38-26)40-31-33-25-13-12-23(34-15-7-4-8-16-34)18-24(25)30(37)35(31)19-21-9-5-3-6-10-21/h3,5-6,9-14,17-18,28H,2,4,7-8,15-16,19-20H2,1H3,(H,32,36). The SMILES string of the molecule is CCC(Sc1nc2ccc(N3CCCCC3)cc2c(=O)n1Cc1ccccc1)C(=O)Nc1ccc2c(c1)OCO2. The van der Waals surface area contributed by atoms with Gasteiger partial charge in [0.2, 0.25) is 12.7 Å². The van der Waals surface area contributed by atoms with Crippen LogP contribution in [0.15, 0.2) is 76.7 Å². The minimum absolute atomic E-state index is 0.0961. The lowest BCUT2D eigenvalue weighted by molar-refractivity contribution is -0.115. The lowest BCUT2D eigenvalue weighted by atomic mass is 10.1. The summed E-state index contributed by atoms with van der Waals surface area (Å²) in [5, 5.41) is 3.66. The van der Waals surface area contributed by atoms with Crippen LogP contribution < -0.4 is 25.2 Å². The molecule has 9 heteroatoms. The molecule has 1 saturated heterocycles. The van der Waals surface area contributed by atoms with Crippen molar-refractivity contribution in [3.63, 3.8) is 0 Å². The van der Waals surface area contributed by atoms with Gasteiger partial charge in [-0.3, -0.25) is 14.2 Å². The summed E-state index contributed by atoms with van der Waals surface area (Å²) in [7, 11) is 0. The van der Waals surface area contributed by atoms with Crippen LogP contribution in [0.25, 0.3) is 10.9 Å². The molecule has 1 atom stereocenters. The second-order valence-electron chi connectivity index (χ2n) is 10.1. The Labute approximate surface area is 237 Å². The average molecular weight is 557 g/mol. The fourth-order valence-corrected chi connectivity index (χ4v) is 6.19. The van der Waals surface area contributed by atoms with E-state index in [9.17, 15) is 9.59 Å². The second kappa shape index (κ2) is 11.6. The third-order valence-corrected chi connectivity index (χ3v) is 8.71. The summed E-state index contributed by atoms with van der Waals surface area (Å²) in [5.41, 5.74) is 3.24. The maximum Gasteiger partial charge on any atom is 0.262 e. The Morgan fingerprint density at radius 3 is 2.60 bits per heavy atom. The summed E-state index contributed by atoms with van der Waals surface area (Å²) in [6, 6.07) is 21.2.